The van der Waals surface area contributed by atoms with Crippen LogP contribution in [0.25, 0.3) is 33.2 Å². The third-order valence-corrected chi connectivity index (χ3v) is 9.04. The average Bonchev–Trinajstić information content (AvgIpc) is 3.74. The van der Waals surface area contributed by atoms with Crippen molar-refractivity contribution >= 4 is 27.8 Å². The van der Waals surface area contributed by atoms with E-state index < -0.39 is 5.54 Å². The summed E-state index contributed by atoms with van der Waals surface area (Å²) in [4.78, 5) is 30.5. The second-order valence-corrected chi connectivity index (χ2v) is 12.2. The summed E-state index contributed by atoms with van der Waals surface area (Å²) in [6.45, 7) is 3.86. The van der Waals surface area contributed by atoms with Gasteiger partial charge >= 0.3 is 0 Å². The molecule has 0 radical (unpaired) electrons. The maximum atomic E-state index is 13.5. The minimum Gasteiger partial charge on any atom is -0.341 e. The lowest BCUT2D eigenvalue weighted by Crippen LogP contribution is -2.38. The van der Waals surface area contributed by atoms with Gasteiger partial charge in [0, 0.05) is 29.0 Å². The number of nitrogens with zero attached hydrogens (tertiary/aromatic N) is 5. The molecule has 0 aliphatic rings. The van der Waals surface area contributed by atoms with Gasteiger partial charge in [0.05, 0.1) is 28.3 Å². The molecule has 49 heavy (non-hydrogen) atoms. The SMILES string of the molecule is Cc1cccc(C(C)NC(=O)c2nc3cc4c(-c5ccncc5)nn(C(c5ccccc5)(c5ccccc5)c5ccccc5)c4cc3[nH]2)n1. The molecule has 4 heterocycles. The number of amides is 1. The van der Waals surface area contributed by atoms with Crippen LogP contribution >= 0.6 is 0 Å². The predicted octanol–water partition coefficient (Wildman–Crippen LogP) is 8.01. The molecule has 8 nitrogen and oxygen atoms in total. The number of imidazole rings is 1. The van der Waals surface area contributed by atoms with E-state index in [-0.39, 0.29) is 17.8 Å². The molecule has 0 fully saturated rings. The van der Waals surface area contributed by atoms with Gasteiger partial charge in [0.25, 0.3) is 5.91 Å². The number of carbonyl (C=O) groups is 1. The van der Waals surface area contributed by atoms with Crippen molar-refractivity contribution in [2.45, 2.75) is 25.4 Å². The number of hydrogen-bond acceptors (Lipinski definition) is 5. The zero-order chi connectivity index (χ0) is 33.4. The Bertz CT molecular complexity index is 2310. The van der Waals surface area contributed by atoms with E-state index in [0.717, 1.165) is 55.8 Å². The third kappa shape index (κ3) is 5.23. The molecule has 238 valence electrons. The Hall–Kier alpha value is -6.41. The lowest BCUT2D eigenvalue weighted by atomic mass is 9.77. The molecule has 0 bridgehead atoms. The summed E-state index contributed by atoms with van der Waals surface area (Å²) in [5.41, 5.74) is 7.99. The number of aryl methyl sites for hydroxylation is 1. The summed E-state index contributed by atoms with van der Waals surface area (Å²) < 4.78 is 2.13. The Balaban J connectivity index is 1.37. The van der Waals surface area contributed by atoms with Crippen molar-refractivity contribution in [2.75, 3.05) is 0 Å². The van der Waals surface area contributed by atoms with Crippen molar-refractivity contribution in [3.63, 3.8) is 0 Å². The van der Waals surface area contributed by atoms with E-state index in [4.69, 9.17) is 10.1 Å². The lowest BCUT2D eigenvalue weighted by molar-refractivity contribution is 0.0930. The molecule has 4 aromatic carbocycles. The number of nitrogens with one attached hydrogen (secondary N) is 2. The first-order chi connectivity index (χ1) is 24.0. The largest absolute Gasteiger partial charge is 0.341 e. The van der Waals surface area contributed by atoms with Crippen molar-refractivity contribution < 1.29 is 4.79 Å². The maximum Gasteiger partial charge on any atom is 0.287 e. The summed E-state index contributed by atoms with van der Waals surface area (Å²) in [5, 5.41) is 9.42. The van der Waals surface area contributed by atoms with Crippen molar-refractivity contribution in [3.05, 3.63) is 180 Å². The van der Waals surface area contributed by atoms with Crippen LogP contribution < -0.4 is 5.32 Å². The highest BCUT2D eigenvalue weighted by Crippen LogP contribution is 2.44. The fraction of sp³-hybridized carbons (Fsp3) is 0.0976. The predicted molar refractivity (Wildman–Crippen MR) is 192 cm³/mol. The molecule has 1 atom stereocenters. The van der Waals surface area contributed by atoms with Crippen molar-refractivity contribution in [3.8, 4) is 11.3 Å². The average molecular weight is 640 g/mol. The summed E-state index contributed by atoms with van der Waals surface area (Å²) >= 11 is 0. The van der Waals surface area contributed by atoms with Gasteiger partial charge in [-0.05, 0) is 66.9 Å². The highest BCUT2D eigenvalue weighted by atomic mass is 16.2. The number of carbonyl (C=O) groups excluding carboxylic acids is 1. The van der Waals surface area contributed by atoms with Crippen LogP contribution in [-0.2, 0) is 5.54 Å². The molecule has 0 aliphatic heterocycles. The van der Waals surface area contributed by atoms with E-state index in [2.05, 4.69) is 104 Å². The van der Waals surface area contributed by atoms with Crippen LogP contribution in [0.5, 0.6) is 0 Å². The van der Waals surface area contributed by atoms with Crippen molar-refractivity contribution in [1.29, 1.82) is 0 Å². The first-order valence-electron chi connectivity index (χ1n) is 16.3. The molecule has 1 unspecified atom stereocenters. The number of rotatable bonds is 8. The summed E-state index contributed by atoms with van der Waals surface area (Å²) in [6.07, 6.45) is 3.55. The Labute approximate surface area is 283 Å². The zero-order valence-electron chi connectivity index (χ0n) is 27.1. The van der Waals surface area contributed by atoms with Crippen molar-refractivity contribution in [1.82, 2.24) is 35.0 Å². The second-order valence-electron chi connectivity index (χ2n) is 12.2. The Morgan fingerprint density at radius 3 is 1.96 bits per heavy atom. The first-order valence-corrected chi connectivity index (χ1v) is 16.3. The zero-order valence-corrected chi connectivity index (χ0v) is 27.1. The topological polar surface area (TPSA) is 101 Å². The maximum absolute atomic E-state index is 13.5. The van der Waals surface area contributed by atoms with Crippen LogP contribution in [0, 0.1) is 6.92 Å². The molecule has 0 spiro atoms. The van der Waals surface area contributed by atoms with Gasteiger partial charge in [-0.15, -0.1) is 0 Å². The van der Waals surface area contributed by atoms with Crippen LogP contribution in [-0.4, -0.2) is 35.6 Å². The Kier molecular flexibility index (Phi) is 7.53. The summed E-state index contributed by atoms with van der Waals surface area (Å²) in [6, 6.07) is 44.9. The summed E-state index contributed by atoms with van der Waals surface area (Å²) in [5.74, 6) is -0.0770. The van der Waals surface area contributed by atoms with Gasteiger partial charge in [0.1, 0.15) is 11.2 Å². The van der Waals surface area contributed by atoms with Gasteiger partial charge < -0.3 is 10.3 Å². The van der Waals surface area contributed by atoms with E-state index in [1.165, 1.54) is 0 Å². The molecular weight excluding hydrogens is 606 g/mol. The smallest absolute Gasteiger partial charge is 0.287 e. The number of H-pyrrole nitrogens is 1. The van der Waals surface area contributed by atoms with Gasteiger partial charge in [0.15, 0.2) is 5.82 Å². The van der Waals surface area contributed by atoms with Gasteiger partial charge in [-0.3, -0.25) is 14.8 Å². The van der Waals surface area contributed by atoms with E-state index in [1.54, 1.807) is 12.4 Å². The molecule has 2 N–H and O–H groups in total. The van der Waals surface area contributed by atoms with Crippen LogP contribution in [0.3, 0.4) is 0 Å². The highest BCUT2D eigenvalue weighted by Gasteiger charge is 2.41. The van der Waals surface area contributed by atoms with Crippen LogP contribution in [0.15, 0.2) is 146 Å². The number of hydrogen-bond donors (Lipinski definition) is 2. The van der Waals surface area contributed by atoms with Crippen molar-refractivity contribution in [2.24, 2.45) is 0 Å². The molecular formula is C41H33N7O. The van der Waals surface area contributed by atoms with E-state index >= 15 is 0 Å². The van der Waals surface area contributed by atoms with E-state index in [9.17, 15) is 4.79 Å². The molecule has 0 saturated carbocycles. The van der Waals surface area contributed by atoms with E-state index in [1.807, 2.05) is 68.4 Å². The number of benzene rings is 4. The van der Waals surface area contributed by atoms with Gasteiger partial charge in [0.2, 0.25) is 0 Å². The van der Waals surface area contributed by atoms with Gasteiger partial charge in [-0.1, -0.05) is 97.1 Å². The number of aromatic nitrogens is 6. The molecule has 1 amide bonds. The standard InChI is InChI=1S/C41H33N7O/c1-27-13-12-20-34(43-27)28(2)44-40(49)39-45-35-25-33-37(26-36(35)46-39)48(47-38(33)29-21-23-42-24-22-29)41(30-14-6-3-7-15-30,31-16-8-4-9-17-31)32-18-10-5-11-19-32/h3-26,28H,1-2H3,(H,44,49)(H,45,46). The van der Waals surface area contributed by atoms with Gasteiger partial charge in [-0.25, -0.2) is 9.67 Å². The molecule has 4 aromatic heterocycles. The minimum absolute atomic E-state index is 0.229. The monoisotopic (exact) mass is 639 g/mol. The molecule has 0 aliphatic carbocycles. The molecule has 8 aromatic rings. The Morgan fingerprint density at radius 1 is 0.755 bits per heavy atom. The summed E-state index contributed by atoms with van der Waals surface area (Å²) in [7, 11) is 0. The Morgan fingerprint density at radius 2 is 1.37 bits per heavy atom. The normalized spacial score (nSPS) is 12.3. The third-order valence-electron chi connectivity index (χ3n) is 9.04. The van der Waals surface area contributed by atoms with Crippen LogP contribution in [0.4, 0.5) is 0 Å². The van der Waals surface area contributed by atoms with Crippen LogP contribution in [0.2, 0.25) is 0 Å². The number of aromatic amines is 1. The van der Waals surface area contributed by atoms with Gasteiger partial charge in [-0.2, -0.15) is 5.10 Å². The lowest BCUT2D eigenvalue weighted by Gasteiger charge is -2.37. The second kappa shape index (κ2) is 12.3. The minimum atomic E-state index is -0.850. The molecule has 0 saturated heterocycles. The number of pyridine rings is 2. The highest BCUT2D eigenvalue weighted by molar-refractivity contribution is 6.03. The fourth-order valence-corrected chi connectivity index (χ4v) is 6.75. The van der Waals surface area contributed by atoms with E-state index in [0.29, 0.717) is 5.52 Å². The first kappa shape index (κ1) is 30.0. The number of fused-ring (bicyclic) bond motifs is 2. The molecule has 8 rings (SSSR count). The van der Waals surface area contributed by atoms with Crippen LogP contribution in [0.1, 0.15) is 51.7 Å². The quantitative estimate of drug-likeness (QED) is 0.164. The molecule has 8 heteroatoms. The fourth-order valence-electron chi connectivity index (χ4n) is 6.75.